The summed E-state index contributed by atoms with van der Waals surface area (Å²) < 4.78 is 1.83. The second kappa shape index (κ2) is 4.89. The van der Waals surface area contributed by atoms with E-state index in [9.17, 15) is 4.79 Å². The van der Waals surface area contributed by atoms with Gasteiger partial charge in [0.25, 0.3) is 0 Å². The molecule has 0 radical (unpaired) electrons. The van der Waals surface area contributed by atoms with Gasteiger partial charge in [0.15, 0.2) is 5.65 Å². The third-order valence-electron chi connectivity index (χ3n) is 4.18. The van der Waals surface area contributed by atoms with E-state index >= 15 is 0 Å². The molecule has 2 aromatic heterocycles. The van der Waals surface area contributed by atoms with Gasteiger partial charge >= 0.3 is 0 Å². The summed E-state index contributed by atoms with van der Waals surface area (Å²) in [5.74, 6) is 0.499. The molecule has 1 aliphatic rings. The number of aryl methyl sites for hydroxylation is 2. The van der Waals surface area contributed by atoms with Gasteiger partial charge in [-0.25, -0.2) is 4.98 Å². The highest BCUT2D eigenvalue weighted by atomic mass is 16.2. The second-order valence-electron chi connectivity index (χ2n) is 5.62. The fourth-order valence-corrected chi connectivity index (χ4v) is 3.05. The molecule has 0 spiro atoms. The van der Waals surface area contributed by atoms with Crippen LogP contribution in [0.1, 0.15) is 37.1 Å². The SMILES string of the molecule is CC(=O)N1CCC[C@@H](c2ccc3c(C)nn(C)c3n2)C1. The molecule has 1 aliphatic heterocycles. The largest absolute Gasteiger partial charge is 0.342 e. The number of carbonyl (C=O) groups is 1. The first-order valence-corrected chi connectivity index (χ1v) is 7.12. The highest BCUT2D eigenvalue weighted by Crippen LogP contribution is 2.27. The molecule has 1 saturated heterocycles. The molecule has 0 aliphatic carbocycles. The minimum Gasteiger partial charge on any atom is -0.342 e. The zero-order valence-corrected chi connectivity index (χ0v) is 12.3. The number of rotatable bonds is 1. The molecule has 0 saturated carbocycles. The maximum Gasteiger partial charge on any atom is 0.219 e. The zero-order valence-electron chi connectivity index (χ0n) is 12.3. The lowest BCUT2D eigenvalue weighted by Gasteiger charge is -2.31. The van der Waals surface area contributed by atoms with Crippen molar-refractivity contribution in [2.45, 2.75) is 32.6 Å². The molecule has 20 heavy (non-hydrogen) atoms. The van der Waals surface area contributed by atoms with Crippen molar-refractivity contribution in [1.82, 2.24) is 19.7 Å². The van der Waals surface area contributed by atoms with E-state index in [1.165, 1.54) is 0 Å². The van der Waals surface area contributed by atoms with E-state index in [0.717, 1.165) is 48.4 Å². The predicted octanol–water partition coefficient (Wildman–Crippen LogP) is 2.00. The number of fused-ring (bicyclic) bond motifs is 1. The van der Waals surface area contributed by atoms with E-state index in [-0.39, 0.29) is 5.91 Å². The number of amides is 1. The van der Waals surface area contributed by atoms with Crippen molar-refractivity contribution >= 4 is 16.9 Å². The Bertz CT molecular complexity index is 661. The molecular formula is C15H20N4O. The molecule has 1 atom stereocenters. The normalized spacial score (nSPS) is 19.6. The lowest BCUT2D eigenvalue weighted by molar-refractivity contribution is -0.130. The van der Waals surface area contributed by atoms with Crippen molar-refractivity contribution in [3.63, 3.8) is 0 Å². The fourth-order valence-electron chi connectivity index (χ4n) is 3.05. The number of carbonyl (C=O) groups excluding carboxylic acids is 1. The molecule has 106 valence electrons. The van der Waals surface area contributed by atoms with Crippen LogP contribution in [0.15, 0.2) is 12.1 Å². The van der Waals surface area contributed by atoms with Crippen LogP contribution in [0.25, 0.3) is 11.0 Å². The van der Waals surface area contributed by atoms with Gasteiger partial charge in [-0.15, -0.1) is 0 Å². The van der Waals surface area contributed by atoms with Gasteiger partial charge < -0.3 is 4.90 Å². The average Bonchev–Trinajstić information content (AvgIpc) is 2.74. The van der Waals surface area contributed by atoms with E-state index in [0.29, 0.717) is 5.92 Å². The number of piperidine rings is 1. The summed E-state index contributed by atoms with van der Waals surface area (Å²) in [4.78, 5) is 18.2. The number of hydrogen-bond acceptors (Lipinski definition) is 3. The monoisotopic (exact) mass is 272 g/mol. The highest BCUT2D eigenvalue weighted by Gasteiger charge is 2.24. The van der Waals surface area contributed by atoms with Crippen LogP contribution in [-0.4, -0.2) is 38.7 Å². The van der Waals surface area contributed by atoms with Crippen LogP contribution >= 0.6 is 0 Å². The number of aromatic nitrogens is 3. The first-order valence-electron chi connectivity index (χ1n) is 7.12. The summed E-state index contributed by atoms with van der Waals surface area (Å²) in [6.07, 6.45) is 2.15. The summed E-state index contributed by atoms with van der Waals surface area (Å²) in [5.41, 5.74) is 3.02. The van der Waals surface area contributed by atoms with Gasteiger partial charge in [0, 0.05) is 44.1 Å². The van der Waals surface area contributed by atoms with Crippen LogP contribution in [-0.2, 0) is 11.8 Å². The van der Waals surface area contributed by atoms with Crippen LogP contribution in [0.2, 0.25) is 0 Å². The molecule has 0 N–H and O–H groups in total. The van der Waals surface area contributed by atoms with Gasteiger partial charge in [0.1, 0.15) is 0 Å². The zero-order chi connectivity index (χ0) is 14.3. The number of nitrogens with zero attached hydrogens (tertiary/aromatic N) is 4. The van der Waals surface area contributed by atoms with Gasteiger partial charge in [0.2, 0.25) is 5.91 Å². The van der Waals surface area contributed by atoms with Crippen molar-refractivity contribution in [2.24, 2.45) is 7.05 Å². The topological polar surface area (TPSA) is 51.0 Å². The molecular weight excluding hydrogens is 252 g/mol. The van der Waals surface area contributed by atoms with Gasteiger partial charge in [-0.1, -0.05) is 0 Å². The second-order valence-corrected chi connectivity index (χ2v) is 5.62. The van der Waals surface area contributed by atoms with Crippen molar-refractivity contribution < 1.29 is 4.79 Å². The van der Waals surface area contributed by atoms with Crippen LogP contribution in [0.3, 0.4) is 0 Å². The Morgan fingerprint density at radius 3 is 2.95 bits per heavy atom. The Kier molecular flexibility index (Phi) is 3.20. The van der Waals surface area contributed by atoms with Crippen molar-refractivity contribution in [3.05, 3.63) is 23.5 Å². The minimum atomic E-state index is 0.159. The average molecular weight is 272 g/mol. The van der Waals surface area contributed by atoms with Crippen LogP contribution in [0.4, 0.5) is 0 Å². The first-order chi connectivity index (χ1) is 9.56. The molecule has 1 fully saturated rings. The Labute approximate surface area is 118 Å². The Balaban J connectivity index is 1.93. The van der Waals surface area contributed by atoms with E-state index in [1.807, 2.05) is 23.6 Å². The van der Waals surface area contributed by atoms with Gasteiger partial charge in [-0.3, -0.25) is 9.48 Å². The molecule has 0 aromatic carbocycles. The minimum absolute atomic E-state index is 0.159. The van der Waals surface area contributed by atoms with Crippen molar-refractivity contribution in [2.75, 3.05) is 13.1 Å². The van der Waals surface area contributed by atoms with Gasteiger partial charge in [-0.05, 0) is 31.9 Å². The number of hydrogen-bond donors (Lipinski definition) is 0. The highest BCUT2D eigenvalue weighted by molar-refractivity contribution is 5.78. The molecule has 2 aromatic rings. The number of likely N-dealkylation sites (tertiary alicyclic amines) is 1. The summed E-state index contributed by atoms with van der Waals surface area (Å²) in [5, 5.41) is 5.52. The summed E-state index contributed by atoms with van der Waals surface area (Å²) in [6.45, 7) is 5.30. The van der Waals surface area contributed by atoms with Crippen molar-refractivity contribution in [1.29, 1.82) is 0 Å². The third kappa shape index (κ3) is 2.17. The molecule has 3 rings (SSSR count). The van der Waals surface area contributed by atoms with E-state index in [4.69, 9.17) is 4.98 Å². The lowest BCUT2D eigenvalue weighted by atomic mass is 9.94. The quantitative estimate of drug-likeness (QED) is 0.798. The molecule has 5 nitrogen and oxygen atoms in total. The maximum atomic E-state index is 11.5. The lowest BCUT2D eigenvalue weighted by Crippen LogP contribution is -2.37. The predicted molar refractivity (Wildman–Crippen MR) is 77.5 cm³/mol. The van der Waals surface area contributed by atoms with Crippen LogP contribution in [0, 0.1) is 6.92 Å². The molecule has 0 bridgehead atoms. The van der Waals surface area contributed by atoms with E-state index in [2.05, 4.69) is 17.2 Å². The van der Waals surface area contributed by atoms with Gasteiger partial charge in [0.05, 0.1) is 5.69 Å². The van der Waals surface area contributed by atoms with Crippen LogP contribution < -0.4 is 0 Å². The smallest absolute Gasteiger partial charge is 0.219 e. The van der Waals surface area contributed by atoms with E-state index in [1.54, 1.807) is 6.92 Å². The standard InChI is InChI=1S/C15H20N4O/c1-10-13-6-7-14(16-15(13)18(3)17-10)12-5-4-8-19(9-12)11(2)20/h6-7,12H,4-5,8-9H2,1-3H3/t12-/m1/s1. The Hall–Kier alpha value is -1.91. The summed E-state index contributed by atoms with van der Waals surface area (Å²) in [6, 6.07) is 4.19. The van der Waals surface area contributed by atoms with E-state index < -0.39 is 0 Å². The summed E-state index contributed by atoms with van der Waals surface area (Å²) >= 11 is 0. The van der Waals surface area contributed by atoms with Crippen molar-refractivity contribution in [3.8, 4) is 0 Å². The first kappa shape index (κ1) is 13.1. The third-order valence-corrected chi connectivity index (χ3v) is 4.18. The van der Waals surface area contributed by atoms with Crippen LogP contribution in [0.5, 0.6) is 0 Å². The van der Waals surface area contributed by atoms with Gasteiger partial charge in [-0.2, -0.15) is 5.10 Å². The molecule has 3 heterocycles. The number of pyridine rings is 1. The molecule has 1 amide bonds. The maximum absolute atomic E-state index is 11.5. The fraction of sp³-hybridized carbons (Fsp3) is 0.533. The molecule has 0 unspecified atom stereocenters. The molecule has 5 heteroatoms. The Morgan fingerprint density at radius 1 is 1.40 bits per heavy atom. The Morgan fingerprint density at radius 2 is 2.20 bits per heavy atom. The summed E-state index contributed by atoms with van der Waals surface area (Å²) in [7, 11) is 1.93.